The maximum Gasteiger partial charge on any atom is 0.325 e. The minimum absolute atomic E-state index is 0.0638. The molecule has 3 heterocycles. The average molecular weight is 402 g/mol. The quantitative estimate of drug-likeness (QED) is 0.783. The highest BCUT2D eigenvalue weighted by Crippen LogP contribution is 2.40. The van der Waals surface area contributed by atoms with Gasteiger partial charge in [0.15, 0.2) is 0 Å². The Kier molecular flexibility index (Phi) is 4.81. The summed E-state index contributed by atoms with van der Waals surface area (Å²) < 4.78 is 0. The lowest BCUT2D eigenvalue weighted by molar-refractivity contribution is -0.114. The summed E-state index contributed by atoms with van der Waals surface area (Å²) in [6.07, 6.45) is 7.32. The SMILES string of the molecule is CC(=O)Nc1ccc(C2=CC3CCC(C2)N3C(=O)N2CCCc3ccccc32)cc1. The Balaban J connectivity index is 1.37. The molecule has 30 heavy (non-hydrogen) atoms. The van der Waals surface area contributed by atoms with Crippen molar-refractivity contribution in [2.24, 2.45) is 0 Å². The van der Waals surface area contributed by atoms with E-state index in [2.05, 4.69) is 46.6 Å². The van der Waals surface area contributed by atoms with Crippen molar-refractivity contribution in [2.45, 2.75) is 51.1 Å². The molecule has 0 saturated carbocycles. The van der Waals surface area contributed by atoms with E-state index in [4.69, 9.17) is 0 Å². The van der Waals surface area contributed by atoms with E-state index in [0.29, 0.717) is 0 Å². The number of hydrogen-bond donors (Lipinski definition) is 1. The second-order valence-corrected chi connectivity index (χ2v) is 8.53. The molecule has 5 rings (SSSR count). The number of carbonyl (C=O) groups is 2. The van der Waals surface area contributed by atoms with Crippen LogP contribution in [0, 0.1) is 0 Å². The number of urea groups is 1. The Hall–Kier alpha value is -3.08. The number of hydrogen-bond acceptors (Lipinski definition) is 2. The van der Waals surface area contributed by atoms with Crippen LogP contribution < -0.4 is 10.2 Å². The van der Waals surface area contributed by atoms with Crippen molar-refractivity contribution in [1.82, 2.24) is 4.90 Å². The van der Waals surface area contributed by atoms with Crippen LogP contribution in [0.3, 0.4) is 0 Å². The van der Waals surface area contributed by atoms with Gasteiger partial charge < -0.3 is 10.2 Å². The second kappa shape index (κ2) is 7.63. The first-order valence-corrected chi connectivity index (χ1v) is 10.9. The number of anilines is 2. The molecule has 3 aliphatic rings. The number of benzene rings is 2. The summed E-state index contributed by atoms with van der Waals surface area (Å²) in [5, 5.41) is 2.81. The van der Waals surface area contributed by atoms with Crippen LogP contribution in [0.15, 0.2) is 54.6 Å². The van der Waals surface area contributed by atoms with Gasteiger partial charge in [-0.15, -0.1) is 0 Å². The van der Waals surface area contributed by atoms with E-state index in [9.17, 15) is 9.59 Å². The maximum atomic E-state index is 13.5. The Morgan fingerprint density at radius 2 is 1.83 bits per heavy atom. The lowest BCUT2D eigenvalue weighted by atomic mass is 9.94. The smallest absolute Gasteiger partial charge is 0.325 e. The Morgan fingerprint density at radius 1 is 1.03 bits per heavy atom. The number of nitrogens with zero attached hydrogens (tertiary/aromatic N) is 2. The van der Waals surface area contributed by atoms with E-state index in [0.717, 1.165) is 50.0 Å². The molecular weight excluding hydrogens is 374 g/mol. The zero-order chi connectivity index (χ0) is 20.7. The molecule has 2 aromatic carbocycles. The second-order valence-electron chi connectivity index (χ2n) is 8.53. The fourth-order valence-electron chi connectivity index (χ4n) is 5.18. The van der Waals surface area contributed by atoms with Crippen LogP contribution in [-0.2, 0) is 11.2 Å². The van der Waals surface area contributed by atoms with Crippen LogP contribution in [0.4, 0.5) is 16.2 Å². The zero-order valence-corrected chi connectivity index (χ0v) is 17.3. The van der Waals surface area contributed by atoms with Gasteiger partial charge in [-0.3, -0.25) is 9.69 Å². The molecular formula is C25H27N3O2. The van der Waals surface area contributed by atoms with Gasteiger partial charge in [-0.05, 0) is 67.0 Å². The van der Waals surface area contributed by atoms with Crippen molar-refractivity contribution in [1.29, 1.82) is 0 Å². The molecule has 1 saturated heterocycles. The molecule has 0 radical (unpaired) electrons. The fourth-order valence-corrected chi connectivity index (χ4v) is 5.18. The highest BCUT2D eigenvalue weighted by atomic mass is 16.2. The van der Waals surface area contributed by atoms with E-state index in [-0.39, 0.29) is 24.0 Å². The number of para-hydroxylation sites is 1. The lowest BCUT2D eigenvalue weighted by Gasteiger charge is -2.39. The third-order valence-electron chi connectivity index (χ3n) is 6.53. The van der Waals surface area contributed by atoms with E-state index in [1.165, 1.54) is 23.6 Å². The van der Waals surface area contributed by atoms with Gasteiger partial charge in [-0.2, -0.15) is 0 Å². The van der Waals surface area contributed by atoms with Gasteiger partial charge in [0, 0.05) is 30.9 Å². The van der Waals surface area contributed by atoms with Gasteiger partial charge >= 0.3 is 6.03 Å². The van der Waals surface area contributed by atoms with Gasteiger partial charge in [-0.1, -0.05) is 36.4 Å². The number of rotatable bonds is 2. The van der Waals surface area contributed by atoms with Gasteiger partial charge in [0.2, 0.25) is 5.91 Å². The minimum atomic E-state index is -0.0638. The van der Waals surface area contributed by atoms with Gasteiger partial charge in [0.25, 0.3) is 0 Å². The molecule has 0 aromatic heterocycles. The molecule has 1 fully saturated rings. The first kappa shape index (κ1) is 18.9. The summed E-state index contributed by atoms with van der Waals surface area (Å²) in [5.41, 5.74) is 5.65. The Morgan fingerprint density at radius 3 is 2.60 bits per heavy atom. The first-order valence-electron chi connectivity index (χ1n) is 10.9. The summed E-state index contributed by atoms with van der Waals surface area (Å²) in [6, 6.07) is 16.9. The molecule has 3 amide bonds. The molecule has 3 aliphatic heterocycles. The average Bonchev–Trinajstić information content (AvgIpc) is 3.02. The van der Waals surface area contributed by atoms with Crippen molar-refractivity contribution >= 4 is 28.9 Å². The fraction of sp³-hybridized carbons (Fsp3) is 0.360. The highest BCUT2D eigenvalue weighted by Gasteiger charge is 2.42. The summed E-state index contributed by atoms with van der Waals surface area (Å²) >= 11 is 0. The predicted molar refractivity (Wildman–Crippen MR) is 119 cm³/mol. The molecule has 1 N–H and O–H groups in total. The molecule has 5 nitrogen and oxygen atoms in total. The summed E-state index contributed by atoms with van der Waals surface area (Å²) in [7, 11) is 0. The van der Waals surface area contributed by atoms with Gasteiger partial charge in [0.1, 0.15) is 0 Å². The van der Waals surface area contributed by atoms with E-state index >= 15 is 0 Å². The van der Waals surface area contributed by atoms with Crippen LogP contribution in [0.1, 0.15) is 43.7 Å². The van der Waals surface area contributed by atoms with Crippen molar-refractivity contribution in [2.75, 3.05) is 16.8 Å². The monoisotopic (exact) mass is 401 g/mol. The van der Waals surface area contributed by atoms with Crippen molar-refractivity contribution < 1.29 is 9.59 Å². The maximum absolute atomic E-state index is 13.5. The molecule has 154 valence electrons. The topological polar surface area (TPSA) is 52.7 Å². The summed E-state index contributed by atoms with van der Waals surface area (Å²) in [4.78, 5) is 28.9. The number of fused-ring (bicyclic) bond motifs is 3. The van der Waals surface area contributed by atoms with Crippen molar-refractivity contribution in [3.8, 4) is 0 Å². The highest BCUT2D eigenvalue weighted by molar-refractivity contribution is 5.95. The lowest BCUT2D eigenvalue weighted by Crippen LogP contribution is -2.51. The number of carbonyl (C=O) groups excluding carboxylic acids is 2. The molecule has 2 aromatic rings. The van der Waals surface area contributed by atoms with Crippen LogP contribution >= 0.6 is 0 Å². The zero-order valence-electron chi connectivity index (χ0n) is 17.3. The van der Waals surface area contributed by atoms with E-state index in [1.807, 2.05) is 23.1 Å². The van der Waals surface area contributed by atoms with E-state index in [1.54, 1.807) is 0 Å². The number of aryl methyl sites for hydroxylation is 1. The number of amides is 3. The van der Waals surface area contributed by atoms with Crippen LogP contribution in [-0.4, -0.2) is 35.5 Å². The summed E-state index contributed by atoms with van der Waals surface area (Å²) in [5.74, 6) is -0.0638. The van der Waals surface area contributed by atoms with E-state index < -0.39 is 0 Å². The third kappa shape index (κ3) is 3.38. The number of nitrogens with one attached hydrogen (secondary N) is 1. The third-order valence-corrected chi connectivity index (χ3v) is 6.53. The van der Waals surface area contributed by atoms with Crippen LogP contribution in [0.25, 0.3) is 5.57 Å². The van der Waals surface area contributed by atoms with Crippen LogP contribution in [0.2, 0.25) is 0 Å². The van der Waals surface area contributed by atoms with Gasteiger partial charge in [0.05, 0.1) is 6.04 Å². The van der Waals surface area contributed by atoms with Gasteiger partial charge in [-0.25, -0.2) is 4.79 Å². The molecule has 0 aliphatic carbocycles. The Labute approximate surface area is 177 Å². The normalized spacial score (nSPS) is 22.4. The van der Waals surface area contributed by atoms with Crippen molar-refractivity contribution in [3.63, 3.8) is 0 Å². The molecule has 2 atom stereocenters. The molecule has 5 heteroatoms. The minimum Gasteiger partial charge on any atom is -0.326 e. The summed E-state index contributed by atoms with van der Waals surface area (Å²) in [6.45, 7) is 2.31. The standard InChI is InChI=1S/C25H27N3O2/c1-17(29)26-21-10-8-18(9-11-21)20-15-22-12-13-23(16-20)28(22)25(30)27-14-4-6-19-5-2-3-7-24(19)27/h2-3,5,7-11,15,22-23H,4,6,12-14,16H2,1H3,(H,26,29). The van der Waals surface area contributed by atoms with Crippen molar-refractivity contribution in [3.05, 3.63) is 65.7 Å². The Bertz CT molecular complexity index is 1010. The predicted octanol–water partition coefficient (Wildman–Crippen LogP) is 4.84. The first-order chi connectivity index (χ1) is 14.6. The largest absolute Gasteiger partial charge is 0.326 e. The molecule has 0 spiro atoms. The van der Waals surface area contributed by atoms with Crippen LogP contribution in [0.5, 0.6) is 0 Å². The molecule has 2 unspecified atom stereocenters. The molecule has 2 bridgehead atoms.